The summed E-state index contributed by atoms with van der Waals surface area (Å²) in [4.78, 5) is 39.9. The van der Waals surface area contributed by atoms with Gasteiger partial charge in [-0.3, -0.25) is 9.59 Å². The lowest BCUT2D eigenvalue weighted by Crippen LogP contribution is -2.42. The van der Waals surface area contributed by atoms with Crippen LogP contribution in [-0.2, 0) is 24.2 Å². The number of halogens is 2. The summed E-state index contributed by atoms with van der Waals surface area (Å²) in [6.45, 7) is 2.67. The van der Waals surface area contributed by atoms with Crippen LogP contribution in [-0.4, -0.2) is 47.2 Å². The quantitative estimate of drug-likeness (QED) is 0.459. The molecule has 0 bridgehead atoms. The van der Waals surface area contributed by atoms with Crippen LogP contribution in [0.1, 0.15) is 43.0 Å². The molecule has 38 heavy (non-hydrogen) atoms. The molecule has 0 unspecified atom stereocenters. The standard InChI is InChI=1S/C28H24Cl2N2O6/c1-15-3-2-4-16(9-15)10-21(28(35)36)31-26(33)24-20(29)11-18-13-32(8-7-19(18)25(24)30)27(34)17-5-6-22-23(12-17)38-14-37-22/h2-6,9,11-12,21H,7-8,10,13-14H2,1H3,(H,31,33)(H,35,36)/t21-/m0/s1. The number of carboxylic acids is 1. The van der Waals surface area contributed by atoms with Crippen molar-refractivity contribution in [2.75, 3.05) is 13.3 Å². The molecule has 2 aliphatic rings. The van der Waals surface area contributed by atoms with Crippen LogP contribution in [0.2, 0.25) is 10.0 Å². The lowest BCUT2D eigenvalue weighted by Gasteiger charge is -2.30. The molecule has 1 atom stereocenters. The highest BCUT2D eigenvalue weighted by Gasteiger charge is 2.30. The van der Waals surface area contributed by atoms with Gasteiger partial charge in [-0.05, 0) is 54.3 Å². The third kappa shape index (κ3) is 5.14. The van der Waals surface area contributed by atoms with Crippen LogP contribution in [0.4, 0.5) is 0 Å². The minimum absolute atomic E-state index is 0.0260. The fourth-order valence-corrected chi connectivity index (χ4v) is 5.51. The van der Waals surface area contributed by atoms with Gasteiger partial charge in [-0.15, -0.1) is 0 Å². The first kappa shape index (κ1) is 25.9. The van der Waals surface area contributed by atoms with E-state index in [9.17, 15) is 19.5 Å². The monoisotopic (exact) mass is 554 g/mol. The molecule has 3 aromatic carbocycles. The molecule has 3 aromatic rings. The molecule has 0 saturated heterocycles. The Morgan fingerprint density at radius 1 is 1.08 bits per heavy atom. The summed E-state index contributed by atoms with van der Waals surface area (Å²) in [6, 6.07) is 12.9. The molecule has 2 N–H and O–H groups in total. The third-order valence-electron chi connectivity index (χ3n) is 6.66. The summed E-state index contributed by atoms with van der Waals surface area (Å²) in [5, 5.41) is 12.5. The van der Waals surface area contributed by atoms with E-state index in [1.807, 2.05) is 31.2 Å². The van der Waals surface area contributed by atoms with Crippen LogP contribution >= 0.6 is 23.2 Å². The second kappa shape index (κ2) is 10.6. The van der Waals surface area contributed by atoms with Gasteiger partial charge in [0.25, 0.3) is 11.8 Å². The van der Waals surface area contributed by atoms with Crippen molar-refractivity contribution in [1.29, 1.82) is 0 Å². The van der Waals surface area contributed by atoms with Crippen LogP contribution in [0.15, 0.2) is 48.5 Å². The van der Waals surface area contributed by atoms with Gasteiger partial charge >= 0.3 is 5.97 Å². The number of hydrogen-bond donors (Lipinski definition) is 2. The number of carbonyl (C=O) groups is 3. The third-order valence-corrected chi connectivity index (χ3v) is 7.38. The van der Waals surface area contributed by atoms with E-state index in [2.05, 4.69) is 5.32 Å². The molecule has 0 aromatic heterocycles. The molecule has 5 rings (SSSR count). The van der Waals surface area contributed by atoms with Crippen LogP contribution in [0.3, 0.4) is 0 Å². The van der Waals surface area contributed by atoms with Crippen molar-refractivity contribution < 1.29 is 29.0 Å². The Bertz CT molecular complexity index is 1460. The van der Waals surface area contributed by atoms with E-state index < -0.39 is 17.9 Å². The average Bonchev–Trinajstić information content (AvgIpc) is 3.35. The van der Waals surface area contributed by atoms with Crippen LogP contribution in [0.5, 0.6) is 11.5 Å². The van der Waals surface area contributed by atoms with Gasteiger partial charge in [0, 0.05) is 25.1 Å². The number of nitrogens with zero attached hydrogens (tertiary/aromatic N) is 1. The number of benzene rings is 3. The van der Waals surface area contributed by atoms with E-state index in [1.54, 1.807) is 29.2 Å². The SMILES string of the molecule is Cc1cccc(C[C@H](NC(=O)c2c(Cl)cc3c(c2Cl)CCN(C(=O)c2ccc4c(c2)OCO4)C3)C(=O)O)c1. The zero-order valence-electron chi connectivity index (χ0n) is 20.4. The van der Waals surface area contributed by atoms with Crippen molar-refractivity contribution in [3.05, 3.63) is 92.0 Å². The van der Waals surface area contributed by atoms with Crippen molar-refractivity contribution >= 4 is 41.0 Å². The molecule has 10 heteroatoms. The van der Waals surface area contributed by atoms with Gasteiger partial charge in [-0.2, -0.15) is 0 Å². The summed E-state index contributed by atoms with van der Waals surface area (Å²) in [6.07, 6.45) is 0.521. The van der Waals surface area contributed by atoms with E-state index in [0.29, 0.717) is 35.6 Å². The summed E-state index contributed by atoms with van der Waals surface area (Å²) in [5.41, 5.74) is 3.71. The first-order valence-corrected chi connectivity index (χ1v) is 12.7. The Morgan fingerprint density at radius 2 is 1.87 bits per heavy atom. The molecular formula is C28H24Cl2N2O6. The Kier molecular flexibility index (Phi) is 7.19. The number of amides is 2. The molecule has 0 saturated carbocycles. The van der Waals surface area contributed by atoms with E-state index in [0.717, 1.165) is 16.7 Å². The number of fused-ring (bicyclic) bond motifs is 2. The fraction of sp³-hybridized carbons (Fsp3) is 0.250. The van der Waals surface area contributed by atoms with Crippen molar-refractivity contribution in [1.82, 2.24) is 10.2 Å². The minimum atomic E-state index is -1.16. The number of aryl methyl sites for hydroxylation is 1. The van der Waals surface area contributed by atoms with Crippen LogP contribution in [0, 0.1) is 6.92 Å². The molecule has 196 valence electrons. The molecule has 0 spiro atoms. The highest BCUT2D eigenvalue weighted by Crippen LogP contribution is 2.36. The number of ether oxygens (including phenoxy) is 2. The largest absolute Gasteiger partial charge is 0.480 e. The highest BCUT2D eigenvalue weighted by atomic mass is 35.5. The number of hydrogen-bond acceptors (Lipinski definition) is 5. The summed E-state index contributed by atoms with van der Waals surface area (Å²) in [7, 11) is 0. The van der Waals surface area contributed by atoms with E-state index >= 15 is 0 Å². The first-order chi connectivity index (χ1) is 18.2. The second-order valence-electron chi connectivity index (χ2n) is 9.29. The topological polar surface area (TPSA) is 105 Å². The molecule has 0 aliphatic carbocycles. The lowest BCUT2D eigenvalue weighted by molar-refractivity contribution is -0.139. The Labute approximate surface area is 229 Å². The van der Waals surface area contributed by atoms with Crippen molar-refractivity contribution in [3.8, 4) is 11.5 Å². The van der Waals surface area contributed by atoms with Gasteiger partial charge in [-0.25, -0.2) is 4.79 Å². The number of nitrogens with one attached hydrogen (secondary N) is 1. The van der Waals surface area contributed by atoms with Crippen LogP contribution in [0.25, 0.3) is 0 Å². The summed E-state index contributed by atoms with van der Waals surface area (Å²) in [5.74, 6) is -0.885. The van der Waals surface area contributed by atoms with Crippen molar-refractivity contribution in [2.45, 2.75) is 32.4 Å². The molecule has 8 nitrogen and oxygen atoms in total. The second-order valence-corrected chi connectivity index (χ2v) is 10.1. The number of aliphatic carboxylic acids is 1. The minimum Gasteiger partial charge on any atom is -0.480 e. The number of carbonyl (C=O) groups excluding carboxylic acids is 2. The van der Waals surface area contributed by atoms with E-state index in [-0.39, 0.29) is 41.3 Å². The molecule has 2 aliphatic heterocycles. The van der Waals surface area contributed by atoms with Crippen molar-refractivity contribution in [3.63, 3.8) is 0 Å². The van der Waals surface area contributed by atoms with Gasteiger partial charge in [0.05, 0.1) is 15.6 Å². The van der Waals surface area contributed by atoms with Crippen molar-refractivity contribution in [2.24, 2.45) is 0 Å². The molecule has 0 radical (unpaired) electrons. The smallest absolute Gasteiger partial charge is 0.326 e. The molecule has 2 heterocycles. The first-order valence-electron chi connectivity index (χ1n) is 12.0. The molecule has 2 amide bonds. The Hall–Kier alpha value is -3.75. The Morgan fingerprint density at radius 3 is 2.63 bits per heavy atom. The average molecular weight is 555 g/mol. The predicted molar refractivity (Wildman–Crippen MR) is 141 cm³/mol. The maximum Gasteiger partial charge on any atom is 0.326 e. The maximum absolute atomic E-state index is 13.2. The highest BCUT2D eigenvalue weighted by molar-refractivity contribution is 6.40. The lowest BCUT2D eigenvalue weighted by atomic mass is 9.95. The predicted octanol–water partition coefficient (Wildman–Crippen LogP) is 4.65. The number of rotatable bonds is 6. The molecular weight excluding hydrogens is 531 g/mol. The fourth-order valence-electron chi connectivity index (χ4n) is 4.75. The zero-order valence-corrected chi connectivity index (χ0v) is 21.9. The maximum atomic E-state index is 13.2. The van der Waals surface area contributed by atoms with E-state index in [4.69, 9.17) is 32.7 Å². The van der Waals surface area contributed by atoms with Crippen LogP contribution < -0.4 is 14.8 Å². The van der Waals surface area contributed by atoms with Gasteiger partial charge in [0.2, 0.25) is 6.79 Å². The van der Waals surface area contributed by atoms with Gasteiger partial charge in [-0.1, -0.05) is 53.0 Å². The molecule has 0 fully saturated rings. The van der Waals surface area contributed by atoms with E-state index in [1.165, 1.54) is 0 Å². The Balaban J connectivity index is 1.34. The summed E-state index contributed by atoms with van der Waals surface area (Å²) >= 11 is 13.1. The summed E-state index contributed by atoms with van der Waals surface area (Å²) < 4.78 is 10.7. The van der Waals surface area contributed by atoms with Gasteiger partial charge in [0.1, 0.15) is 6.04 Å². The number of carboxylic acid groups (broad SMARTS) is 1. The van der Waals surface area contributed by atoms with Gasteiger partial charge in [0.15, 0.2) is 11.5 Å². The zero-order chi connectivity index (χ0) is 27.0. The normalized spacial score (nSPS) is 14.6. The van der Waals surface area contributed by atoms with Gasteiger partial charge < -0.3 is 24.8 Å².